The number of benzene rings is 3. The summed E-state index contributed by atoms with van der Waals surface area (Å²) in [7, 11) is 0. The minimum atomic E-state index is 0.0883. The average molecular weight is 236 g/mol. The maximum Gasteiger partial charge on any atom is 0.0693 e. The monoisotopic (exact) mass is 236 g/mol. The first-order valence-corrected chi connectivity index (χ1v) is 6.37. The third-order valence-corrected chi connectivity index (χ3v) is 3.61. The van der Waals surface area contributed by atoms with Crippen LogP contribution in [0.4, 0.5) is 0 Å². The lowest BCUT2D eigenvalue weighted by atomic mass is 9.95. The van der Waals surface area contributed by atoms with Crippen molar-refractivity contribution in [3.05, 3.63) is 59.7 Å². The summed E-state index contributed by atoms with van der Waals surface area (Å²) in [6.07, 6.45) is 1.02. The highest BCUT2D eigenvalue weighted by Gasteiger charge is 2.06. The Hall–Kier alpha value is -1.86. The predicted molar refractivity (Wildman–Crippen MR) is 76.8 cm³/mol. The lowest BCUT2D eigenvalue weighted by Gasteiger charge is -2.10. The SMILES string of the molecule is CCc1ccc2cc3ccccc3c(CO)c2c1. The van der Waals surface area contributed by atoms with Gasteiger partial charge in [-0.05, 0) is 45.2 Å². The number of hydrogen-bond acceptors (Lipinski definition) is 1. The molecular formula is C17H16O. The lowest BCUT2D eigenvalue weighted by molar-refractivity contribution is 0.285. The summed E-state index contributed by atoms with van der Waals surface area (Å²) in [6.45, 7) is 2.24. The van der Waals surface area contributed by atoms with E-state index in [1.54, 1.807) is 0 Å². The van der Waals surface area contributed by atoms with Crippen molar-refractivity contribution in [2.75, 3.05) is 0 Å². The Balaban J connectivity index is 2.46. The van der Waals surface area contributed by atoms with Crippen molar-refractivity contribution >= 4 is 21.5 Å². The van der Waals surface area contributed by atoms with Crippen molar-refractivity contribution in [2.24, 2.45) is 0 Å². The van der Waals surface area contributed by atoms with Crippen LogP contribution in [-0.2, 0) is 13.0 Å². The van der Waals surface area contributed by atoms with Gasteiger partial charge in [0.1, 0.15) is 0 Å². The fourth-order valence-electron chi connectivity index (χ4n) is 2.59. The van der Waals surface area contributed by atoms with E-state index >= 15 is 0 Å². The molecule has 0 spiro atoms. The zero-order valence-corrected chi connectivity index (χ0v) is 10.5. The second-order valence-corrected chi connectivity index (χ2v) is 4.64. The maximum atomic E-state index is 9.70. The molecule has 0 atom stereocenters. The first-order valence-electron chi connectivity index (χ1n) is 6.37. The van der Waals surface area contributed by atoms with E-state index in [2.05, 4.69) is 43.3 Å². The number of aliphatic hydroxyl groups is 1. The Morgan fingerprint density at radius 3 is 2.44 bits per heavy atom. The molecule has 3 rings (SSSR count). The number of aliphatic hydroxyl groups excluding tert-OH is 1. The zero-order valence-electron chi connectivity index (χ0n) is 10.5. The van der Waals surface area contributed by atoms with Crippen LogP contribution in [0.5, 0.6) is 0 Å². The molecule has 0 radical (unpaired) electrons. The van der Waals surface area contributed by atoms with Gasteiger partial charge in [-0.25, -0.2) is 0 Å². The summed E-state index contributed by atoms with van der Waals surface area (Å²) in [4.78, 5) is 0. The summed E-state index contributed by atoms with van der Waals surface area (Å²) in [5.74, 6) is 0. The molecule has 1 nitrogen and oxygen atoms in total. The molecule has 0 heterocycles. The number of rotatable bonds is 2. The second-order valence-electron chi connectivity index (χ2n) is 4.64. The summed E-state index contributed by atoms with van der Waals surface area (Å²) in [5.41, 5.74) is 2.35. The molecule has 0 aliphatic heterocycles. The fraction of sp³-hybridized carbons (Fsp3) is 0.176. The minimum Gasteiger partial charge on any atom is -0.392 e. The van der Waals surface area contributed by atoms with Gasteiger partial charge in [-0.15, -0.1) is 0 Å². The molecule has 0 fully saturated rings. The van der Waals surface area contributed by atoms with E-state index in [0.717, 1.165) is 17.4 Å². The zero-order chi connectivity index (χ0) is 12.5. The Bertz CT molecular complexity index is 713. The van der Waals surface area contributed by atoms with Gasteiger partial charge < -0.3 is 5.11 Å². The third kappa shape index (κ3) is 1.68. The van der Waals surface area contributed by atoms with Crippen LogP contribution in [-0.4, -0.2) is 5.11 Å². The van der Waals surface area contributed by atoms with E-state index in [4.69, 9.17) is 0 Å². The molecule has 18 heavy (non-hydrogen) atoms. The van der Waals surface area contributed by atoms with Crippen LogP contribution in [0.25, 0.3) is 21.5 Å². The molecule has 3 aromatic rings. The van der Waals surface area contributed by atoms with Gasteiger partial charge in [0.25, 0.3) is 0 Å². The summed E-state index contributed by atoms with van der Waals surface area (Å²) < 4.78 is 0. The first-order chi connectivity index (χ1) is 8.83. The van der Waals surface area contributed by atoms with Gasteiger partial charge in [0.15, 0.2) is 0 Å². The maximum absolute atomic E-state index is 9.70. The van der Waals surface area contributed by atoms with Crippen molar-refractivity contribution in [1.82, 2.24) is 0 Å². The van der Waals surface area contributed by atoms with E-state index in [-0.39, 0.29) is 6.61 Å². The van der Waals surface area contributed by atoms with E-state index in [1.807, 2.05) is 12.1 Å². The van der Waals surface area contributed by atoms with Gasteiger partial charge in [-0.2, -0.15) is 0 Å². The quantitative estimate of drug-likeness (QED) is 0.665. The Labute approximate surface area is 107 Å². The van der Waals surface area contributed by atoms with Crippen LogP contribution in [0, 0.1) is 0 Å². The van der Waals surface area contributed by atoms with Gasteiger partial charge in [0.05, 0.1) is 6.61 Å². The van der Waals surface area contributed by atoms with Crippen molar-refractivity contribution < 1.29 is 5.11 Å². The smallest absolute Gasteiger partial charge is 0.0693 e. The molecule has 90 valence electrons. The molecule has 0 aliphatic rings. The number of fused-ring (bicyclic) bond motifs is 2. The van der Waals surface area contributed by atoms with Crippen LogP contribution < -0.4 is 0 Å². The normalized spacial score (nSPS) is 11.2. The van der Waals surface area contributed by atoms with Crippen molar-refractivity contribution in [3.8, 4) is 0 Å². The topological polar surface area (TPSA) is 20.2 Å². The molecule has 3 aromatic carbocycles. The van der Waals surface area contributed by atoms with Gasteiger partial charge in [-0.1, -0.05) is 49.4 Å². The largest absolute Gasteiger partial charge is 0.392 e. The Morgan fingerprint density at radius 1 is 0.889 bits per heavy atom. The van der Waals surface area contributed by atoms with Crippen LogP contribution in [0.1, 0.15) is 18.1 Å². The van der Waals surface area contributed by atoms with Crippen LogP contribution in [0.15, 0.2) is 48.5 Å². The molecule has 0 saturated carbocycles. The Kier molecular flexibility index (Phi) is 2.77. The molecule has 0 saturated heterocycles. The van der Waals surface area contributed by atoms with Gasteiger partial charge in [0, 0.05) is 0 Å². The van der Waals surface area contributed by atoms with Gasteiger partial charge in [-0.3, -0.25) is 0 Å². The van der Waals surface area contributed by atoms with E-state index < -0.39 is 0 Å². The van der Waals surface area contributed by atoms with E-state index in [1.165, 1.54) is 21.7 Å². The van der Waals surface area contributed by atoms with Crippen molar-refractivity contribution in [2.45, 2.75) is 20.0 Å². The Morgan fingerprint density at radius 2 is 1.67 bits per heavy atom. The summed E-state index contributed by atoms with van der Waals surface area (Å²) in [6, 6.07) is 17.0. The number of aryl methyl sites for hydroxylation is 1. The molecular weight excluding hydrogens is 220 g/mol. The molecule has 1 heteroatoms. The average Bonchev–Trinajstić information content (AvgIpc) is 2.44. The standard InChI is InChI=1S/C17H16O/c1-2-12-7-8-14-10-13-5-3-4-6-15(13)17(11-18)16(14)9-12/h3-10,18H,2,11H2,1H3. The summed E-state index contributed by atoms with van der Waals surface area (Å²) in [5, 5.41) is 14.4. The highest BCUT2D eigenvalue weighted by Crippen LogP contribution is 2.29. The summed E-state index contributed by atoms with van der Waals surface area (Å²) >= 11 is 0. The highest BCUT2D eigenvalue weighted by atomic mass is 16.3. The molecule has 1 N–H and O–H groups in total. The molecule has 0 unspecified atom stereocenters. The highest BCUT2D eigenvalue weighted by molar-refractivity contribution is 6.02. The second kappa shape index (κ2) is 4.43. The van der Waals surface area contributed by atoms with Crippen LogP contribution in [0.2, 0.25) is 0 Å². The third-order valence-electron chi connectivity index (χ3n) is 3.61. The fourth-order valence-corrected chi connectivity index (χ4v) is 2.59. The van der Waals surface area contributed by atoms with Gasteiger partial charge in [0.2, 0.25) is 0 Å². The van der Waals surface area contributed by atoms with Crippen LogP contribution in [0.3, 0.4) is 0 Å². The van der Waals surface area contributed by atoms with E-state index in [9.17, 15) is 5.11 Å². The van der Waals surface area contributed by atoms with E-state index in [0.29, 0.717) is 0 Å². The molecule has 0 aromatic heterocycles. The lowest BCUT2D eigenvalue weighted by Crippen LogP contribution is -1.90. The predicted octanol–water partition coefficient (Wildman–Crippen LogP) is 4.05. The minimum absolute atomic E-state index is 0.0883. The molecule has 0 amide bonds. The van der Waals surface area contributed by atoms with Crippen molar-refractivity contribution in [3.63, 3.8) is 0 Å². The molecule has 0 bridgehead atoms. The first kappa shape index (κ1) is 11.2. The molecule has 0 aliphatic carbocycles. The van der Waals surface area contributed by atoms with Crippen molar-refractivity contribution in [1.29, 1.82) is 0 Å². The van der Waals surface area contributed by atoms with Crippen LogP contribution >= 0.6 is 0 Å². The number of hydrogen-bond donors (Lipinski definition) is 1. The van der Waals surface area contributed by atoms with Gasteiger partial charge >= 0.3 is 0 Å².